The van der Waals surface area contributed by atoms with Crippen LogP contribution in [-0.2, 0) is 9.53 Å². The largest absolute Gasteiger partial charge is 0.433 e. The van der Waals surface area contributed by atoms with E-state index in [1.807, 2.05) is 4.90 Å². The van der Waals surface area contributed by atoms with Crippen LogP contribution in [0.2, 0.25) is 10.0 Å². The summed E-state index contributed by atoms with van der Waals surface area (Å²) in [5.74, 6) is -2.43. The number of carbonyl (C=O) groups is 1. The molecule has 0 aliphatic carbocycles. The Balaban J connectivity index is 1.88. The van der Waals surface area contributed by atoms with Gasteiger partial charge in [-0.25, -0.2) is 13.8 Å². The molecule has 0 aromatic heterocycles. The van der Waals surface area contributed by atoms with E-state index in [0.29, 0.717) is 37.7 Å². The van der Waals surface area contributed by atoms with Crippen LogP contribution >= 0.6 is 23.2 Å². The first-order chi connectivity index (χ1) is 16.8. The van der Waals surface area contributed by atoms with Crippen LogP contribution in [0.1, 0.15) is 5.56 Å². The molecule has 1 saturated heterocycles. The number of morpholine rings is 1. The molecule has 0 bridgehead atoms. The maximum absolute atomic E-state index is 14.3. The minimum atomic E-state index is -0.882. The Hall–Kier alpha value is -3.27. The molecule has 0 saturated carbocycles. The van der Waals surface area contributed by atoms with Gasteiger partial charge < -0.3 is 14.4 Å². The van der Waals surface area contributed by atoms with Crippen LogP contribution in [0.15, 0.2) is 64.0 Å². The Morgan fingerprint density at radius 2 is 1.86 bits per heavy atom. The highest BCUT2D eigenvalue weighted by molar-refractivity contribution is 6.41. The van der Waals surface area contributed by atoms with Crippen LogP contribution in [0.4, 0.5) is 8.78 Å². The summed E-state index contributed by atoms with van der Waals surface area (Å²) < 4.78 is 38.9. The molecule has 2 aromatic carbocycles. The number of amides is 1. The summed E-state index contributed by atoms with van der Waals surface area (Å²) in [6.07, 6.45) is 1.66. The molecule has 0 radical (unpaired) electrons. The number of benzene rings is 2. The molecule has 2 heterocycles. The molecule has 35 heavy (non-hydrogen) atoms. The van der Waals surface area contributed by atoms with E-state index in [4.69, 9.17) is 32.7 Å². The molecule has 7 nitrogen and oxygen atoms in total. The van der Waals surface area contributed by atoms with E-state index in [2.05, 4.69) is 16.8 Å². The fraction of sp³-hybridized carbons (Fsp3) is 0.208. The molecule has 0 atom stereocenters. The summed E-state index contributed by atoms with van der Waals surface area (Å²) in [4.78, 5) is 18.4. The zero-order chi connectivity index (χ0) is 25.1. The third-order valence-corrected chi connectivity index (χ3v) is 5.99. The Morgan fingerprint density at radius 1 is 1.17 bits per heavy atom. The number of nitrogens with zero attached hydrogens (tertiary/aromatic N) is 4. The van der Waals surface area contributed by atoms with Gasteiger partial charge in [0.1, 0.15) is 11.5 Å². The van der Waals surface area contributed by atoms with Gasteiger partial charge >= 0.3 is 0 Å². The predicted octanol–water partition coefficient (Wildman–Crippen LogP) is 4.76. The molecule has 2 aliphatic heterocycles. The lowest BCUT2D eigenvalue weighted by Crippen LogP contribution is -2.41. The maximum Gasteiger partial charge on any atom is 0.279 e. The lowest BCUT2D eigenvalue weighted by Gasteiger charge is -2.34. The summed E-state index contributed by atoms with van der Waals surface area (Å²) in [6.45, 7) is 5.24. The highest BCUT2D eigenvalue weighted by Gasteiger charge is 2.31. The highest BCUT2D eigenvalue weighted by Crippen LogP contribution is 2.37. The first-order valence-electron chi connectivity index (χ1n) is 10.5. The molecule has 4 rings (SSSR count). The van der Waals surface area contributed by atoms with Crippen molar-refractivity contribution in [2.45, 2.75) is 0 Å². The van der Waals surface area contributed by atoms with E-state index in [0.717, 1.165) is 12.1 Å². The number of allylic oxidation sites excluding steroid dienone is 1. The Bertz CT molecular complexity index is 1250. The van der Waals surface area contributed by atoms with Crippen molar-refractivity contribution < 1.29 is 23.0 Å². The average Bonchev–Trinajstić information content (AvgIpc) is 2.84. The normalized spacial score (nSPS) is 17.5. The lowest BCUT2D eigenvalue weighted by molar-refractivity contribution is -0.112. The number of hydrogen-bond acceptors (Lipinski definition) is 6. The molecule has 1 fully saturated rings. The molecular formula is C24H20Cl2F2N4O3. The minimum Gasteiger partial charge on any atom is -0.433 e. The van der Waals surface area contributed by atoms with Gasteiger partial charge in [0.05, 0.1) is 34.5 Å². The fourth-order valence-corrected chi connectivity index (χ4v) is 4.27. The first kappa shape index (κ1) is 24.8. The third-order valence-electron chi connectivity index (χ3n) is 5.36. The fourth-order valence-electron chi connectivity index (χ4n) is 3.69. The van der Waals surface area contributed by atoms with Gasteiger partial charge in [-0.15, -0.1) is 5.10 Å². The van der Waals surface area contributed by atoms with Crippen molar-refractivity contribution in [3.8, 4) is 5.75 Å². The number of likely N-dealkylation sites (N-methyl/N-ethyl adjacent to an activating group) is 1. The van der Waals surface area contributed by atoms with Crippen LogP contribution in [0.3, 0.4) is 0 Å². The van der Waals surface area contributed by atoms with E-state index >= 15 is 0 Å². The molecule has 0 spiro atoms. The van der Waals surface area contributed by atoms with Gasteiger partial charge in [-0.2, -0.15) is 0 Å². The van der Waals surface area contributed by atoms with Crippen LogP contribution in [0.25, 0.3) is 5.57 Å². The standard InChI is InChI=1S/C24H20Cl2F2N4O3/c1-29-23(33)22(21-15(25)4-3-5-16(21)26)18-13-19(32-8-10-34-11-9-32)24(30-31(18)2)35-20-7-6-14(27)12-17(20)28/h3-7,12-13H,1,8-11H2,2H3/b22-18-. The van der Waals surface area contributed by atoms with E-state index < -0.39 is 17.5 Å². The monoisotopic (exact) mass is 520 g/mol. The number of halogens is 4. The smallest absolute Gasteiger partial charge is 0.279 e. The molecule has 0 unspecified atom stereocenters. The zero-order valence-corrected chi connectivity index (χ0v) is 20.1. The van der Waals surface area contributed by atoms with Crippen LogP contribution in [-0.4, -0.2) is 61.8 Å². The summed E-state index contributed by atoms with van der Waals surface area (Å²) in [7, 11) is 1.58. The van der Waals surface area contributed by atoms with Gasteiger partial charge in [0.25, 0.3) is 11.8 Å². The van der Waals surface area contributed by atoms with Crippen molar-refractivity contribution in [2.24, 2.45) is 10.1 Å². The molecule has 11 heteroatoms. The van der Waals surface area contributed by atoms with Crippen molar-refractivity contribution in [2.75, 3.05) is 33.4 Å². The number of hydrogen-bond donors (Lipinski definition) is 0. The molecule has 0 N–H and O–H groups in total. The van der Waals surface area contributed by atoms with Crippen molar-refractivity contribution >= 4 is 47.3 Å². The van der Waals surface area contributed by atoms with Crippen molar-refractivity contribution in [1.29, 1.82) is 0 Å². The lowest BCUT2D eigenvalue weighted by atomic mass is 10.0. The van der Waals surface area contributed by atoms with Gasteiger partial charge in [-0.3, -0.25) is 9.80 Å². The van der Waals surface area contributed by atoms with Crippen LogP contribution < -0.4 is 4.74 Å². The Morgan fingerprint density at radius 3 is 2.49 bits per heavy atom. The number of hydrazone groups is 1. The SMILES string of the molecule is C=NC(=O)/C(=C1/C=C(N2CCOCC2)C(Oc2ccc(F)cc2F)=NN1C)c1c(Cl)cccc1Cl. The van der Waals surface area contributed by atoms with Gasteiger partial charge in [0.2, 0.25) is 0 Å². The second kappa shape index (κ2) is 10.6. The Labute approximate surface area is 210 Å². The van der Waals surface area contributed by atoms with E-state index in [-0.39, 0.29) is 32.8 Å². The van der Waals surface area contributed by atoms with Gasteiger partial charge in [0, 0.05) is 31.8 Å². The third kappa shape index (κ3) is 5.22. The van der Waals surface area contributed by atoms with E-state index in [9.17, 15) is 13.6 Å². The van der Waals surface area contributed by atoms with Gasteiger partial charge in [-0.1, -0.05) is 29.3 Å². The van der Waals surface area contributed by atoms with E-state index in [1.54, 1.807) is 31.3 Å². The van der Waals surface area contributed by atoms with E-state index in [1.165, 1.54) is 11.1 Å². The molecular weight excluding hydrogens is 501 g/mol. The Kier molecular flexibility index (Phi) is 7.49. The molecule has 182 valence electrons. The van der Waals surface area contributed by atoms with Crippen molar-refractivity contribution in [1.82, 2.24) is 9.91 Å². The van der Waals surface area contributed by atoms with Gasteiger partial charge in [0.15, 0.2) is 11.6 Å². The number of rotatable bonds is 4. The predicted molar refractivity (Wildman–Crippen MR) is 131 cm³/mol. The zero-order valence-electron chi connectivity index (χ0n) is 18.6. The van der Waals surface area contributed by atoms with Crippen molar-refractivity contribution in [3.05, 3.63) is 81.1 Å². The number of aliphatic imine (C=N–C) groups is 1. The maximum atomic E-state index is 14.3. The summed E-state index contributed by atoms with van der Waals surface area (Å²) in [5.41, 5.74) is 1.14. The van der Waals surface area contributed by atoms with Gasteiger partial charge in [-0.05, 0) is 37.1 Å². The van der Waals surface area contributed by atoms with Crippen LogP contribution in [0.5, 0.6) is 5.75 Å². The molecule has 2 aliphatic rings. The molecule has 2 aromatic rings. The average molecular weight is 521 g/mol. The quantitative estimate of drug-likeness (QED) is 0.429. The molecule has 1 amide bonds. The summed E-state index contributed by atoms with van der Waals surface area (Å²) in [5, 5.41) is 6.32. The number of ether oxygens (including phenoxy) is 2. The minimum absolute atomic E-state index is 0.0484. The second-order valence-corrected chi connectivity index (χ2v) is 8.37. The topological polar surface area (TPSA) is 66.7 Å². The second-order valence-electron chi connectivity index (χ2n) is 7.55. The number of carbonyl (C=O) groups excluding carboxylic acids is 1. The summed E-state index contributed by atoms with van der Waals surface area (Å²) >= 11 is 12.8. The summed E-state index contributed by atoms with van der Waals surface area (Å²) in [6, 6.07) is 7.84. The highest BCUT2D eigenvalue weighted by atomic mass is 35.5. The first-order valence-corrected chi connectivity index (χ1v) is 11.3. The van der Waals surface area contributed by atoms with Crippen LogP contribution in [0, 0.1) is 11.6 Å². The van der Waals surface area contributed by atoms with Crippen molar-refractivity contribution in [3.63, 3.8) is 0 Å².